The van der Waals surface area contributed by atoms with Crippen molar-refractivity contribution in [3.05, 3.63) is 0 Å². The molecule has 4 fully saturated rings. The first-order valence-corrected chi connectivity index (χ1v) is 11.1. The van der Waals surface area contributed by atoms with Crippen molar-refractivity contribution in [1.29, 1.82) is 0 Å². The van der Waals surface area contributed by atoms with E-state index >= 15 is 0 Å². The molecule has 0 aromatic carbocycles. The molecule has 2 aliphatic heterocycles. The van der Waals surface area contributed by atoms with Crippen molar-refractivity contribution < 1.29 is 9.47 Å². The monoisotopic (exact) mass is 378 g/mol. The van der Waals surface area contributed by atoms with Crippen LogP contribution in [0.3, 0.4) is 0 Å². The second-order valence-electron chi connectivity index (χ2n) is 9.22. The van der Waals surface area contributed by atoms with E-state index in [9.17, 15) is 0 Å². The minimum absolute atomic E-state index is 0.362. The zero-order valence-corrected chi connectivity index (χ0v) is 17.4. The van der Waals surface area contributed by atoms with Gasteiger partial charge in [-0.3, -0.25) is 9.89 Å². The zero-order chi connectivity index (χ0) is 18.9. The molecule has 2 heterocycles. The lowest BCUT2D eigenvalue weighted by Crippen LogP contribution is -2.69. The molecule has 2 saturated heterocycles. The van der Waals surface area contributed by atoms with Gasteiger partial charge in [-0.05, 0) is 25.2 Å². The van der Waals surface area contributed by atoms with Gasteiger partial charge in [-0.2, -0.15) is 0 Å². The maximum atomic E-state index is 6.13. The highest BCUT2D eigenvalue weighted by molar-refractivity contribution is 5.80. The van der Waals surface area contributed by atoms with Gasteiger partial charge in [-0.25, -0.2) is 0 Å². The highest BCUT2D eigenvalue weighted by atomic mass is 16.5. The first kappa shape index (κ1) is 19.5. The molecule has 6 heteroatoms. The van der Waals surface area contributed by atoms with E-state index < -0.39 is 0 Å². The fourth-order valence-electron chi connectivity index (χ4n) is 6.14. The second-order valence-corrected chi connectivity index (χ2v) is 9.22. The average molecular weight is 379 g/mol. The van der Waals surface area contributed by atoms with Crippen LogP contribution in [0, 0.1) is 17.3 Å². The SMILES string of the molecule is CN=C(NCC(C(C)C)N1CCOCC1)NC1C2CCOC2C12CCCC2. The van der Waals surface area contributed by atoms with Crippen LogP contribution < -0.4 is 10.6 Å². The van der Waals surface area contributed by atoms with Gasteiger partial charge in [0.05, 0.1) is 19.3 Å². The van der Waals surface area contributed by atoms with Gasteiger partial charge in [0, 0.05) is 56.7 Å². The molecule has 0 aromatic heterocycles. The molecule has 2 N–H and O–H groups in total. The molecular formula is C21H38N4O2. The van der Waals surface area contributed by atoms with Gasteiger partial charge in [0.1, 0.15) is 0 Å². The Morgan fingerprint density at radius 2 is 1.93 bits per heavy atom. The van der Waals surface area contributed by atoms with Gasteiger partial charge in [0.25, 0.3) is 0 Å². The van der Waals surface area contributed by atoms with Crippen LogP contribution in [0.5, 0.6) is 0 Å². The quantitative estimate of drug-likeness (QED) is 0.565. The van der Waals surface area contributed by atoms with Crippen LogP contribution in [-0.2, 0) is 9.47 Å². The number of guanidine groups is 1. The summed E-state index contributed by atoms with van der Waals surface area (Å²) in [5.41, 5.74) is 0.362. The molecule has 154 valence electrons. The van der Waals surface area contributed by atoms with E-state index in [1.54, 1.807) is 0 Å². The average Bonchev–Trinajstić information content (AvgIpc) is 3.33. The molecule has 1 spiro atoms. The predicted molar refractivity (Wildman–Crippen MR) is 108 cm³/mol. The molecule has 0 radical (unpaired) electrons. The highest BCUT2D eigenvalue weighted by Crippen LogP contribution is 2.60. The van der Waals surface area contributed by atoms with Crippen LogP contribution in [-0.4, -0.2) is 75.5 Å². The minimum atomic E-state index is 0.362. The fourth-order valence-corrected chi connectivity index (χ4v) is 6.14. The van der Waals surface area contributed by atoms with Crippen molar-refractivity contribution in [3.8, 4) is 0 Å². The Labute approximate surface area is 164 Å². The first-order valence-electron chi connectivity index (χ1n) is 11.1. The van der Waals surface area contributed by atoms with E-state index in [4.69, 9.17) is 9.47 Å². The van der Waals surface area contributed by atoms with Gasteiger partial charge in [0.15, 0.2) is 5.96 Å². The number of nitrogens with zero attached hydrogens (tertiary/aromatic N) is 2. The number of rotatable bonds is 5. The van der Waals surface area contributed by atoms with Crippen molar-refractivity contribution in [2.75, 3.05) is 46.5 Å². The lowest BCUT2D eigenvalue weighted by molar-refractivity contribution is -0.125. The standard InChI is InChI=1S/C21H38N4O2/c1-15(2)17(25-9-12-26-13-10-25)14-23-20(22-3)24-18-16-6-11-27-19(16)21(18)7-4-5-8-21/h15-19H,4-14H2,1-3H3,(H2,22,23,24). The smallest absolute Gasteiger partial charge is 0.191 e. The molecule has 2 aliphatic carbocycles. The van der Waals surface area contributed by atoms with Gasteiger partial charge in [-0.1, -0.05) is 26.7 Å². The van der Waals surface area contributed by atoms with Crippen molar-refractivity contribution in [2.24, 2.45) is 22.2 Å². The summed E-state index contributed by atoms with van der Waals surface area (Å²) in [4.78, 5) is 7.13. The largest absolute Gasteiger partial charge is 0.379 e. The highest BCUT2D eigenvalue weighted by Gasteiger charge is 2.65. The van der Waals surface area contributed by atoms with Gasteiger partial charge < -0.3 is 20.1 Å². The van der Waals surface area contributed by atoms with Gasteiger partial charge in [0.2, 0.25) is 0 Å². The number of hydrogen-bond acceptors (Lipinski definition) is 4. The summed E-state index contributed by atoms with van der Waals surface area (Å²) in [6.07, 6.45) is 7.01. The van der Waals surface area contributed by atoms with Crippen LogP contribution >= 0.6 is 0 Å². The summed E-state index contributed by atoms with van der Waals surface area (Å²) in [6.45, 7) is 10.3. The summed E-state index contributed by atoms with van der Waals surface area (Å²) in [5.74, 6) is 2.24. The molecule has 0 bridgehead atoms. The third kappa shape index (κ3) is 3.60. The molecule has 4 unspecified atom stereocenters. The van der Waals surface area contributed by atoms with Crippen molar-refractivity contribution >= 4 is 5.96 Å². The number of morpholine rings is 1. The number of ether oxygens (including phenoxy) is 2. The zero-order valence-electron chi connectivity index (χ0n) is 17.4. The minimum Gasteiger partial charge on any atom is -0.379 e. The van der Waals surface area contributed by atoms with E-state index in [-0.39, 0.29) is 0 Å². The molecule has 4 rings (SSSR count). The third-order valence-corrected chi connectivity index (χ3v) is 7.56. The van der Waals surface area contributed by atoms with Gasteiger partial charge >= 0.3 is 0 Å². The van der Waals surface area contributed by atoms with Crippen molar-refractivity contribution in [1.82, 2.24) is 15.5 Å². The van der Waals surface area contributed by atoms with Crippen molar-refractivity contribution in [3.63, 3.8) is 0 Å². The van der Waals surface area contributed by atoms with Crippen LogP contribution in [0.1, 0.15) is 46.0 Å². The number of hydrogen-bond donors (Lipinski definition) is 2. The number of aliphatic imine (C=N–C) groups is 1. The second kappa shape index (κ2) is 8.26. The van der Waals surface area contributed by atoms with Crippen LogP contribution in [0.2, 0.25) is 0 Å². The normalized spacial score (nSPS) is 34.5. The molecule has 0 amide bonds. The Kier molecular flexibility index (Phi) is 5.95. The van der Waals surface area contributed by atoms with E-state index in [2.05, 4.69) is 34.4 Å². The molecule has 4 aliphatic rings. The fraction of sp³-hybridized carbons (Fsp3) is 0.952. The molecule has 4 atom stereocenters. The molecule has 0 aromatic rings. The van der Waals surface area contributed by atoms with Crippen LogP contribution in [0.15, 0.2) is 4.99 Å². The molecular weight excluding hydrogens is 340 g/mol. The lowest BCUT2D eigenvalue weighted by atomic mass is 9.54. The van der Waals surface area contributed by atoms with Gasteiger partial charge in [-0.15, -0.1) is 0 Å². The van der Waals surface area contributed by atoms with Crippen LogP contribution in [0.4, 0.5) is 0 Å². The molecule has 2 saturated carbocycles. The summed E-state index contributed by atoms with van der Waals surface area (Å²) in [5, 5.41) is 7.47. The van der Waals surface area contributed by atoms with E-state index in [1.807, 2.05) is 7.05 Å². The maximum Gasteiger partial charge on any atom is 0.191 e. The Bertz CT molecular complexity index is 526. The summed E-state index contributed by atoms with van der Waals surface area (Å²) in [7, 11) is 1.90. The number of nitrogens with one attached hydrogen (secondary N) is 2. The van der Waals surface area contributed by atoms with E-state index in [0.29, 0.717) is 35.4 Å². The molecule has 27 heavy (non-hydrogen) atoms. The summed E-state index contributed by atoms with van der Waals surface area (Å²) >= 11 is 0. The van der Waals surface area contributed by atoms with E-state index in [0.717, 1.165) is 45.4 Å². The maximum absolute atomic E-state index is 6.13. The summed E-state index contributed by atoms with van der Waals surface area (Å²) < 4.78 is 11.7. The topological polar surface area (TPSA) is 58.1 Å². The Morgan fingerprint density at radius 1 is 1.19 bits per heavy atom. The van der Waals surface area contributed by atoms with Crippen LogP contribution in [0.25, 0.3) is 0 Å². The van der Waals surface area contributed by atoms with E-state index in [1.165, 1.54) is 32.1 Å². The Hall–Kier alpha value is -0.850. The predicted octanol–water partition coefficient (Wildman–Crippen LogP) is 1.86. The lowest BCUT2D eigenvalue weighted by Gasteiger charge is -2.57. The third-order valence-electron chi connectivity index (χ3n) is 7.56. The molecule has 6 nitrogen and oxygen atoms in total. The summed E-state index contributed by atoms with van der Waals surface area (Å²) in [6, 6.07) is 1.04. The Morgan fingerprint density at radius 3 is 2.59 bits per heavy atom. The first-order chi connectivity index (χ1) is 13.2. The number of fused-ring (bicyclic) bond motifs is 2. The Balaban J connectivity index is 1.36. The van der Waals surface area contributed by atoms with Crippen molar-refractivity contribution in [2.45, 2.75) is 64.1 Å².